The second-order valence-electron chi connectivity index (χ2n) is 4.57. The molecule has 0 spiro atoms. The predicted molar refractivity (Wildman–Crippen MR) is 76.7 cm³/mol. The molecule has 11 heteroatoms. The number of amides is 1. The standard InChI is InChI=1S/C12H14N6O5/c1-16-7-9(11(15-16)12(20)23-2)14-10(19)3-4-17-6-8(5-13-17)18(21)22/h5-7H,3-4H2,1-2H3,(H,14,19). The molecule has 0 bridgehead atoms. The van der Waals surface area contributed by atoms with Crippen molar-refractivity contribution in [2.24, 2.45) is 7.05 Å². The maximum absolute atomic E-state index is 11.9. The number of aryl methyl sites for hydroxylation is 2. The molecule has 0 aromatic carbocycles. The smallest absolute Gasteiger partial charge is 0.360 e. The van der Waals surface area contributed by atoms with Gasteiger partial charge in [-0.1, -0.05) is 0 Å². The van der Waals surface area contributed by atoms with Gasteiger partial charge in [0.05, 0.1) is 17.7 Å². The molecule has 2 aromatic rings. The van der Waals surface area contributed by atoms with Crippen molar-refractivity contribution < 1.29 is 19.2 Å². The lowest BCUT2D eigenvalue weighted by molar-refractivity contribution is -0.385. The molecule has 0 radical (unpaired) electrons. The Labute approximate surface area is 130 Å². The van der Waals surface area contributed by atoms with Gasteiger partial charge in [-0.05, 0) is 0 Å². The summed E-state index contributed by atoms with van der Waals surface area (Å²) >= 11 is 0. The summed E-state index contributed by atoms with van der Waals surface area (Å²) < 4.78 is 7.25. The van der Waals surface area contributed by atoms with E-state index in [1.54, 1.807) is 7.05 Å². The number of hydrogen-bond donors (Lipinski definition) is 1. The minimum atomic E-state index is -0.663. The highest BCUT2D eigenvalue weighted by Crippen LogP contribution is 2.15. The van der Waals surface area contributed by atoms with E-state index in [0.29, 0.717) is 0 Å². The van der Waals surface area contributed by atoms with E-state index < -0.39 is 10.9 Å². The van der Waals surface area contributed by atoms with Gasteiger partial charge in [-0.3, -0.25) is 24.3 Å². The summed E-state index contributed by atoms with van der Waals surface area (Å²) in [6.45, 7) is 0.160. The zero-order valence-electron chi connectivity index (χ0n) is 12.4. The van der Waals surface area contributed by atoms with Crippen molar-refractivity contribution in [3.05, 3.63) is 34.4 Å². The molecule has 2 heterocycles. The van der Waals surface area contributed by atoms with E-state index in [9.17, 15) is 19.7 Å². The minimum absolute atomic E-state index is 0.00178. The number of rotatable bonds is 6. The lowest BCUT2D eigenvalue weighted by Gasteiger charge is -2.04. The third kappa shape index (κ3) is 3.90. The molecule has 0 aliphatic rings. The lowest BCUT2D eigenvalue weighted by Crippen LogP contribution is -2.16. The molecule has 0 atom stereocenters. The molecule has 122 valence electrons. The minimum Gasteiger partial charge on any atom is -0.464 e. The van der Waals surface area contributed by atoms with Gasteiger partial charge >= 0.3 is 11.7 Å². The number of aromatic nitrogens is 4. The third-order valence-corrected chi connectivity index (χ3v) is 2.88. The molecule has 2 rings (SSSR count). The Morgan fingerprint density at radius 3 is 2.78 bits per heavy atom. The van der Waals surface area contributed by atoms with E-state index in [1.165, 1.54) is 28.9 Å². The molecular formula is C12H14N6O5. The maximum Gasteiger partial charge on any atom is 0.360 e. The first-order chi connectivity index (χ1) is 10.9. The summed E-state index contributed by atoms with van der Waals surface area (Å²) in [6, 6.07) is 0. The van der Waals surface area contributed by atoms with Crippen LogP contribution < -0.4 is 5.32 Å². The molecule has 0 fully saturated rings. The van der Waals surface area contributed by atoms with Gasteiger partial charge in [-0.2, -0.15) is 10.2 Å². The monoisotopic (exact) mass is 322 g/mol. The molecule has 0 aliphatic carbocycles. The van der Waals surface area contributed by atoms with Crippen molar-refractivity contribution in [3.8, 4) is 0 Å². The van der Waals surface area contributed by atoms with Crippen molar-refractivity contribution in [3.63, 3.8) is 0 Å². The summed E-state index contributed by atoms with van der Waals surface area (Å²) in [5.74, 6) is -1.05. The van der Waals surface area contributed by atoms with E-state index in [1.807, 2.05) is 0 Å². The Bertz CT molecular complexity index is 749. The highest BCUT2D eigenvalue weighted by Gasteiger charge is 2.18. The summed E-state index contributed by atoms with van der Waals surface area (Å²) in [5.41, 5.74) is 0.0829. The zero-order chi connectivity index (χ0) is 17.0. The molecule has 0 unspecified atom stereocenters. The number of carbonyl (C=O) groups excluding carboxylic acids is 2. The predicted octanol–water partition coefficient (Wildman–Crippen LogP) is 0.340. The van der Waals surface area contributed by atoms with Gasteiger partial charge in [0.25, 0.3) is 0 Å². The van der Waals surface area contributed by atoms with E-state index in [-0.39, 0.29) is 35.9 Å². The van der Waals surface area contributed by atoms with Gasteiger partial charge in [0.2, 0.25) is 5.91 Å². The van der Waals surface area contributed by atoms with Gasteiger partial charge in [-0.25, -0.2) is 4.79 Å². The quantitative estimate of drug-likeness (QED) is 0.460. The normalized spacial score (nSPS) is 10.3. The van der Waals surface area contributed by atoms with E-state index in [2.05, 4.69) is 20.3 Å². The Hall–Kier alpha value is -3.24. The fourth-order valence-electron chi connectivity index (χ4n) is 1.83. The van der Waals surface area contributed by atoms with E-state index in [4.69, 9.17) is 0 Å². The zero-order valence-corrected chi connectivity index (χ0v) is 12.4. The molecule has 0 aliphatic heterocycles. The van der Waals surface area contributed by atoms with Crippen molar-refractivity contribution in [1.82, 2.24) is 19.6 Å². The number of ether oxygens (including phenoxy) is 1. The van der Waals surface area contributed by atoms with Crippen LogP contribution in [0.2, 0.25) is 0 Å². The fourth-order valence-corrected chi connectivity index (χ4v) is 1.83. The first-order valence-corrected chi connectivity index (χ1v) is 6.49. The van der Waals surface area contributed by atoms with Crippen LogP contribution in [0.15, 0.2) is 18.6 Å². The second-order valence-corrected chi connectivity index (χ2v) is 4.57. The average molecular weight is 322 g/mol. The van der Waals surface area contributed by atoms with Gasteiger partial charge < -0.3 is 10.1 Å². The number of hydrogen-bond acceptors (Lipinski definition) is 7. The number of nitrogens with zero attached hydrogens (tertiary/aromatic N) is 5. The topological polar surface area (TPSA) is 134 Å². The number of methoxy groups -OCH3 is 1. The Morgan fingerprint density at radius 1 is 1.43 bits per heavy atom. The van der Waals surface area contributed by atoms with Gasteiger partial charge in [0.1, 0.15) is 12.4 Å². The highest BCUT2D eigenvalue weighted by atomic mass is 16.6. The van der Waals surface area contributed by atoms with Crippen molar-refractivity contribution in [2.45, 2.75) is 13.0 Å². The highest BCUT2D eigenvalue weighted by molar-refractivity contribution is 5.99. The molecule has 0 saturated carbocycles. The SMILES string of the molecule is COC(=O)c1nn(C)cc1NC(=O)CCn1cc([N+](=O)[O-])cn1. The summed E-state index contributed by atoms with van der Waals surface area (Å²) in [7, 11) is 2.82. The van der Waals surface area contributed by atoms with Crippen LogP contribution in [-0.4, -0.2) is 43.5 Å². The summed E-state index contributed by atoms with van der Waals surface area (Å²) in [5, 5.41) is 20.8. The van der Waals surface area contributed by atoms with Gasteiger partial charge in [-0.15, -0.1) is 0 Å². The van der Waals surface area contributed by atoms with Crippen LogP contribution >= 0.6 is 0 Å². The van der Waals surface area contributed by atoms with Crippen molar-refractivity contribution in [1.29, 1.82) is 0 Å². The number of anilines is 1. The first-order valence-electron chi connectivity index (χ1n) is 6.49. The summed E-state index contributed by atoms with van der Waals surface area (Å²) in [4.78, 5) is 33.4. The number of nitrogens with one attached hydrogen (secondary N) is 1. The van der Waals surface area contributed by atoms with Crippen LogP contribution in [0.3, 0.4) is 0 Å². The molecule has 1 N–H and O–H groups in total. The van der Waals surface area contributed by atoms with E-state index in [0.717, 1.165) is 6.20 Å². The van der Waals surface area contributed by atoms with Gasteiger partial charge in [0, 0.05) is 26.2 Å². The lowest BCUT2D eigenvalue weighted by atomic mass is 10.3. The largest absolute Gasteiger partial charge is 0.464 e. The fraction of sp³-hybridized carbons (Fsp3) is 0.333. The number of carbonyl (C=O) groups is 2. The summed E-state index contributed by atoms with van der Waals surface area (Å²) in [6.07, 6.45) is 3.84. The molecule has 11 nitrogen and oxygen atoms in total. The van der Waals surface area contributed by atoms with Gasteiger partial charge in [0.15, 0.2) is 5.69 Å². The second kappa shape index (κ2) is 6.68. The van der Waals surface area contributed by atoms with Crippen molar-refractivity contribution in [2.75, 3.05) is 12.4 Å². The molecular weight excluding hydrogens is 308 g/mol. The molecule has 23 heavy (non-hydrogen) atoms. The first kappa shape index (κ1) is 16.1. The van der Waals surface area contributed by atoms with Crippen LogP contribution in [0.1, 0.15) is 16.9 Å². The Balaban J connectivity index is 1.97. The molecule has 1 amide bonds. The van der Waals surface area contributed by atoms with Crippen LogP contribution in [0.4, 0.5) is 11.4 Å². The van der Waals surface area contributed by atoms with Crippen LogP contribution in [0, 0.1) is 10.1 Å². The Kier molecular flexibility index (Phi) is 4.69. The number of nitro groups is 1. The number of esters is 1. The van der Waals surface area contributed by atoms with E-state index >= 15 is 0 Å². The van der Waals surface area contributed by atoms with Crippen LogP contribution in [0.25, 0.3) is 0 Å². The molecule has 0 saturated heterocycles. The van der Waals surface area contributed by atoms with Crippen molar-refractivity contribution >= 4 is 23.3 Å². The molecule has 2 aromatic heterocycles. The Morgan fingerprint density at radius 2 is 2.17 bits per heavy atom. The van der Waals surface area contributed by atoms with Crippen LogP contribution in [0.5, 0.6) is 0 Å². The maximum atomic E-state index is 11.9. The van der Waals surface area contributed by atoms with Crippen LogP contribution in [-0.2, 0) is 23.1 Å². The average Bonchev–Trinajstić information content (AvgIpc) is 3.11. The third-order valence-electron chi connectivity index (χ3n) is 2.88.